The van der Waals surface area contributed by atoms with Crippen molar-refractivity contribution in [2.75, 3.05) is 5.32 Å². The molecular weight excluding hydrogens is 343 g/mol. The second-order valence-corrected chi connectivity index (χ2v) is 5.12. The maximum Gasteiger partial charge on any atom is 0.194 e. The molecule has 1 N–H and O–H groups in total. The highest BCUT2D eigenvalue weighted by atomic mass is 79.9. The van der Waals surface area contributed by atoms with E-state index < -0.39 is 17.5 Å². The van der Waals surface area contributed by atoms with E-state index in [1.54, 1.807) is 18.2 Å². The summed E-state index contributed by atoms with van der Waals surface area (Å²) < 4.78 is 39.6. The van der Waals surface area contributed by atoms with Crippen LogP contribution in [0.3, 0.4) is 0 Å². The minimum absolute atomic E-state index is 0.159. The van der Waals surface area contributed by atoms with Gasteiger partial charge in [0.15, 0.2) is 17.5 Å². The van der Waals surface area contributed by atoms with Gasteiger partial charge in [0, 0.05) is 16.7 Å². The van der Waals surface area contributed by atoms with Gasteiger partial charge in [-0.25, -0.2) is 13.2 Å². The first-order valence-corrected chi connectivity index (χ1v) is 6.47. The SMILES string of the molecule is Fc1cc(CNc2ccc(Br)c(Cl)c2)cc(F)c1F. The Hall–Kier alpha value is -1.20. The van der Waals surface area contributed by atoms with Crippen LogP contribution in [0.25, 0.3) is 0 Å². The minimum Gasteiger partial charge on any atom is -0.381 e. The lowest BCUT2D eigenvalue weighted by Crippen LogP contribution is -2.02. The Morgan fingerprint density at radius 1 is 1.05 bits per heavy atom. The van der Waals surface area contributed by atoms with Gasteiger partial charge in [-0.05, 0) is 51.8 Å². The molecule has 0 saturated heterocycles. The van der Waals surface area contributed by atoms with E-state index in [-0.39, 0.29) is 6.54 Å². The summed E-state index contributed by atoms with van der Waals surface area (Å²) >= 11 is 9.16. The molecule has 2 rings (SSSR count). The number of hydrogen-bond donors (Lipinski definition) is 1. The van der Waals surface area contributed by atoms with Crippen LogP contribution in [-0.4, -0.2) is 0 Å². The highest BCUT2D eigenvalue weighted by Gasteiger charge is 2.10. The molecule has 6 heteroatoms. The average molecular weight is 351 g/mol. The number of nitrogens with one attached hydrogen (secondary N) is 1. The third-order valence-electron chi connectivity index (χ3n) is 2.46. The predicted molar refractivity (Wildman–Crippen MR) is 72.8 cm³/mol. The highest BCUT2D eigenvalue weighted by Crippen LogP contribution is 2.26. The van der Waals surface area contributed by atoms with Crippen molar-refractivity contribution in [3.05, 3.63) is 62.8 Å². The van der Waals surface area contributed by atoms with Crippen LogP contribution >= 0.6 is 27.5 Å². The molecule has 2 aromatic rings. The van der Waals surface area contributed by atoms with Crippen molar-refractivity contribution in [2.45, 2.75) is 6.54 Å². The van der Waals surface area contributed by atoms with Crippen LogP contribution < -0.4 is 5.32 Å². The van der Waals surface area contributed by atoms with Gasteiger partial charge < -0.3 is 5.32 Å². The number of halogens is 5. The van der Waals surface area contributed by atoms with Crippen LogP contribution in [0.1, 0.15) is 5.56 Å². The molecule has 0 amide bonds. The van der Waals surface area contributed by atoms with E-state index >= 15 is 0 Å². The van der Waals surface area contributed by atoms with E-state index in [1.165, 1.54) is 0 Å². The zero-order valence-corrected chi connectivity index (χ0v) is 11.8. The van der Waals surface area contributed by atoms with Crippen LogP contribution in [0.2, 0.25) is 5.02 Å². The molecule has 0 saturated carbocycles. The Morgan fingerprint density at radius 3 is 2.26 bits per heavy atom. The van der Waals surface area contributed by atoms with Crippen LogP contribution in [0.15, 0.2) is 34.8 Å². The van der Waals surface area contributed by atoms with Gasteiger partial charge >= 0.3 is 0 Å². The number of rotatable bonds is 3. The summed E-state index contributed by atoms with van der Waals surface area (Å²) in [5.41, 5.74) is 0.994. The first-order valence-electron chi connectivity index (χ1n) is 5.29. The first kappa shape index (κ1) is 14.2. The van der Waals surface area contributed by atoms with Gasteiger partial charge in [-0.3, -0.25) is 0 Å². The zero-order valence-electron chi connectivity index (χ0n) is 9.48. The lowest BCUT2D eigenvalue weighted by molar-refractivity contribution is 0.445. The molecule has 0 fully saturated rings. The second-order valence-electron chi connectivity index (χ2n) is 3.86. The van der Waals surface area contributed by atoms with E-state index in [2.05, 4.69) is 21.2 Å². The molecule has 19 heavy (non-hydrogen) atoms. The highest BCUT2D eigenvalue weighted by molar-refractivity contribution is 9.10. The molecule has 2 aromatic carbocycles. The average Bonchev–Trinajstić information content (AvgIpc) is 2.37. The Bertz CT molecular complexity index is 596. The summed E-state index contributed by atoms with van der Waals surface area (Å²) in [7, 11) is 0. The summed E-state index contributed by atoms with van der Waals surface area (Å²) in [6.07, 6.45) is 0. The Labute approximate surface area is 121 Å². The van der Waals surface area contributed by atoms with E-state index in [9.17, 15) is 13.2 Å². The summed E-state index contributed by atoms with van der Waals surface area (Å²) in [6.45, 7) is 0.159. The van der Waals surface area contributed by atoms with Crippen molar-refractivity contribution in [3.8, 4) is 0 Å². The fourth-order valence-corrected chi connectivity index (χ4v) is 1.95. The Morgan fingerprint density at radius 2 is 1.68 bits per heavy atom. The molecular formula is C13H8BrClF3N. The van der Waals surface area contributed by atoms with E-state index in [1.807, 2.05) is 0 Å². The Balaban J connectivity index is 2.12. The number of benzene rings is 2. The lowest BCUT2D eigenvalue weighted by Gasteiger charge is -2.08. The summed E-state index contributed by atoms with van der Waals surface area (Å²) in [6, 6.07) is 7.07. The quantitative estimate of drug-likeness (QED) is 0.757. The molecule has 0 unspecified atom stereocenters. The maximum absolute atomic E-state index is 13.0. The zero-order chi connectivity index (χ0) is 14.0. The molecule has 0 radical (unpaired) electrons. The van der Waals surface area contributed by atoms with Crippen LogP contribution in [0.5, 0.6) is 0 Å². The van der Waals surface area contributed by atoms with Crippen LogP contribution in [0.4, 0.5) is 18.9 Å². The standard InChI is InChI=1S/C13H8BrClF3N/c14-9-2-1-8(5-10(9)15)19-6-7-3-11(16)13(18)12(17)4-7/h1-5,19H,6H2. The van der Waals surface area contributed by atoms with E-state index in [0.29, 0.717) is 16.3 Å². The second kappa shape index (κ2) is 5.84. The lowest BCUT2D eigenvalue weighted by atomic mass is 10.2. The monoisotopic (exact) mass is 349 g/mol. The van der Waals surface area contributed by atoms with Gasteiger partial charge in [0.25, 0.3) is 0 Å². The van der Waals surface area contributed by atoms with Crippen molar-refractivity contribution in [1.82, 2.24) is 0 Å². The molecule has 0 spiro atoms. The molecule has 0 bridgehead atoms. The van der Waals surface area contributed by atoms with Gasteiger partial charge in [0.05, 0.1) is 5.02 Å². The smallest absolute Gasteiger partial charge is 0.194 e. The van der Waals surface area contributed by atoms with Gasteiger partial charge in [-0.2, -0.15) is 0 Å². The fourth-order valence-electron chi connectivity index (χ4n) is 1.52. The topological polar surface area (TPSA) is 12.0 Å². The minimum atomic E-state index is -1.46. The van der Waals surface area contributed by atoms with Gasteiger partial charge in [0.2, 0.25) is 0 Å². The molecule has 0 aliphatic rings. The summed E-state index contributed by atoms with van der Waals surface area (Å²) in [5, 5.41) is 3.46. The van der Waals surface area contributed by atoms with E-state index in [0.717, 1.165) is 16.6 Å². The van der Waals surface area contributed by atoms with Crippen molar-refractivity contribution in [2.24, 2.45) is 0 Å². The largest absolute Gasteiger partial charge is 0.381 e. The molecule has 100 valence electrons. The normalized spacial score (nSPS) is 10.6. The van der Waals surface area contributed by atoms with Crippen molar-refractivity contribution in [1.29, 1.82) is 0 Å². The van der Waals surface area contributed by atoms with Gasteiger partial charge in [-0.1, -0.05) is 11.6 Å². The number of anilines is 1. The molecule has 0 atom stereocenters. The molecule has 0 heterocycles. The molecule has 0 aliphatic heterocycles. The summed E-state index contributed by atoms with van der Waals surface area (Å²) in [5.74, 6) is -3.87. The molecule has 0 aliphatic carbocycles. The van der Waals surface area contributed by atoms with E-state index in [4.69, 9.17) is 11.6 Å². The molecule has 1 nitrogen and oxygen atoms in total. The third kappa shape index (κ3) is 3.42. The van der Waals surface area contributed by atoms with Crippen LogP contribution in [-0.2, 0) is 6.54 Å². The first-order chi connectivity index (χ1) is 8.97. The number of hydrogen-bond acceptors (Lipinski definition) is 1. The fraction of sp³-hybridized carbons (Fsp3) is 0.0769. The Kier molecular flexibility index (Phi) is 4.37. The summed E-state index contributed by atoms with van der Waals surface area (Å²) in [4.78, 5) is 0. The maximum atomic E-state index is 13.0. The van der Waals surface area contributed by atoms with Crippen molar-refractivity contribution in [3.63, 3.8) is 0 Å². The van der Waals surface area contributed by atoms with Gasteiger partial charge in [-0.15, -0.1) is 0 Å². The van der Waals surface area contributed by atoms with Gasteiger partial charge in [0.1, 0.15) is 0 Å². The molecule has 0 aromatic heterocycles. The van der Waals surface area contributed by atoms with Crippen molar-refractivity contribution < 1.29 is 13.2 Å². The van der Waals surface area contributed by atoms with Crippen LogP contribution in [0, 0.1) is 17.5 Å². The van der Waals surface area contributed by atoms with Crippen molar-refractivity contribution >= 4 is 33.2 Å². The third-order valence-corrected chi connectivity index (χ3v) is 3.69. The predicted octanol–water partition coefficient (Wildman–Crippen LogP) is 5.13.